The molecule has 0 aliphatic heterocycles. The third-order valence-corrected chi connectivity index (χ3v) is 4.17. The van der Waals surface area contributed by atoms with E-state index in [2.05, 4.69) is 44.1 Å². The fourth-order valence-electron chi connectivity index (χ4n) is 1.30. The molecule has 0 aliphatic carbocycles. The summed E-state index contributed by atoms with van der Waals surface area (Å²) in [5.74, 6) is -0.0896. The molecule has 1 amide bonds. The highest BCUT2D eigenvalue weighted by Crippen LogP contribution is 2.24. The molecule has 0 radical (unpaired) electrons. The van der Waals surface area contributed by atoms with Gasteiger partial charge in [0.15, 0.2) is 0 Å². The van der Waals surface area contributed by atoms with Crippen LogP contribution in [-0.2, 0) is 0 Å². The molecular weight excluding hydrogens is 350 g/mol. The molecule has 17 heavy (non-hydrogen) atoms. The Balaban J connectivity index is 2.50. The van der Waals surface area contributed by atoms with Crippen LogP contribution in [-0.4, -0.2) is 22.4 Å². The van der Waals surface area contributed by atoms with Gasteiger partial charge in [-0.15, -0.1) is 0 Å². The molecule has 0 spiro atoms. The Labute approximate surface area is 118 Å². The molecule has 1 aromatic carbocycles. The monoisotopic (exact) mass is 363 g/mol. The Kier molecular flexibility index (Phi) is 5.98. The van der Waals surface area contributed by atoms with E-state index in [-0.39, 0.29) is 11.7 Å². The molecule has 0 bridgehead atoms. The molecule has 1 unspecified atom stereocenters. The van der Waals surface area contributed by atoms with Crippen LogP contribution in [0.15, 0.2) is 22.7 Å². The highest BCUT2D eigenvalue weighted by molar-refractivity contribution is 9.10. The summed E-state index contributed by atoms with van der Waals surface area (Å²) < 4.78 is 0.584. The second-order valence-corrected chi connectivity index (χ2v) is 5.87. The van der Waals surface area contributed by atoms with Gasteiger partial charge in [0.1, 0.15) is 5.75 Å². The van der Waals surface area contributed by atoms with E-state index in [1.807, 2.05) is 0 Å². The molecule has 5 heteroatoms. The van der Waals surface area contributed by atoms with E-state index in [9.17, 15) is 9.90 Å². The largest absolute Gasteiger partial charge is 0.507 e. The van der Waals surface area contributed by atoms with E-state index < -0.39 is 0 Å². The van der Waals surface area contributed by atoms with Gasteiger partial charge in [0.25, 0.3) is 5.91 Å². The lowest BCUT2D eigenvalue weighted by Crippen LogP contribution is -2.25. The molecule has 2 N–H and O–H groups in total. The first-order chi connectivity index (χ1) is 8.04. The summed E-state index contributed by atoms with van der Waals surface area (Å²) >= 11 is 6.68. The molecule has 0 aliphatic rings. The van der Waals surface area contributed by atoms with E-state index in [1.54, 1.807) is 12.1 Å². The zero-order valence-corrected chi connectivity index (χ0v) is 12.7. The first kappa shape index (κ1) is 14.5. The van der Waals surface area contributed by atoms with E-state index in [1.165, 1.54) is 6.07 Å². The van der Waals surface area contributed by atoms with Crippen LogP contribution in [0.3, 0.4) is 0 Å². The first-order valence-electron chi connectivity index (χ1n) is 5.45. The number of amides is 1. The van der Waals surface area contributed by atoms with E-state index in [0.29, 0.717) is 21.4 Å². The van der Waals surface area contributed by atoms with Crippen molar-refractivity contribution in [3.8, 4) is 5.75 Å². The lowest BCUT2D eigenvalue weighted by molar-refractivity contribution is 0.0953. The third kappa shape index (κ3) is 4.68. The van der Waals surface area contributed by atoms with Gasteiger partial charge in [0.05, 0.1) is 4.47 Å². The maximum Gasteiger partial charge on any atom is 0.251 e. The summed E-state index contributed by atoms with van der Waals surface area (Å²) in [5, 5.41) is 12.3. The molecule has 0 saturated heterocycles. The number of benzene rings is 1. The van der Waals surface area contributed by atoms with Gasteiger partial charge in [-0.05, 0) is 47.0 Å². The summed E-state index contributed by atoms with van der Waals surface area (Å²) in [5.41, 5.74) is 0.466. The minimum Gasteiger partial charge on any atom is -0.507 e. The number of phenolic OH excluding ortho intramolecular Hbond substituents is 1. The highest BCUT2D eigenvalue weighted by Gasteiger charge is 2.08. The van der Waals surface area contributed by atoms with Gasteiger partial charge >= 0.3 is 0 Å². The van der Waals surface area contributed by atoms with Crippen molar-refractivity contribution in [2.45, 2.75) is 24.6 Å². The predicted octanol–water partition coefficient (Wildman–Crippen LogP) is 3.45. The molecule has 3 nitrogen and oxygen atoms in total. The van der Waals surface area contributed by atoms with Crippen LogP contribution >= 0.6 is 31.9 Å². The van der Waals surface area contributed by atoms with Gasteiger partial charge in [-0.2, -0.15) is 0 Å². The van der Waals surface area contributed by atoms with Crippen LogP contribution in [0.25, 0.3) is 0 Å². The molecule has 0 heterocycles. The van der Waals surface area contributed by atoms with Crippen molar-refractivity contribution >= 4 is 37.8 Å². The van der Waals surface area contributed by atoms with Gasteiger partial charge in [0.2, 0.25) is 0 Å². The maximum atomic E-state index is 11.7. The Bertz CT molecular complexity index is 396. The minimum absolute atomic E-state index is 0.0737. The van der Waals surface area contributed by atoms with Crippen molar-refractivity contribution in [2.75, 3.05) is 6.54 Å². The van der Waals surface area contributed by atoms with Crippen LogP contribution in [0.5, 0.6) is 5.75 Å². The fourth-order valence-corrected chi connectivity index (χ4v) is 1.78. The number of phenols is 1. The number of carbonyl (C=O) groups excluding carboxylic acids is 1. The number of carbonyl (C=O) groups is 1. The Hall–Kier alpha value is -0.550. The third-order valence-electron chi connectivity index (χ3n) is 2.39. The second-order valence-electron chi connectivity index (χ2n) is 3.72. The summed E-state index contributed by atoms with van der Waals surface area (Å²) in [6, 6.07) is 4.78. The number of nitrogens with one attached hydrogen (secondary N) is 1. The number of alkyl halides is 1. The van der Waals surface area contributed by atoms with E-state index in [0.717, 1.165) is 12.8 Å². The minimum atomic E-state index is -0.163. The normalized spacial score (nSPS) is 12.2. The molecule has 94 valence electrons. The second kappa shape index (κ2) is 7.01. The lowest BCUT2D eigenvalue weighted by Gasteiger charge is -2.08. The molecule has 0 saturated carbocycles. The van der Waals surface area contributed by atoms with Crippen molar-refractivity contribution in [3.05, 3.63) is 28.2 Å². The van der Waals surface area contributed by atoms with Gasteiger partial charge < -0.3 is 10.4 Å². The zero-order chi connectivity index (χ0) is 12.8. The van der Waals surface area contributed by atoms with Gasteiger partial charge in [-0.3, -0.25) is 4.79 Å². The fraction of sp³-hybridized carbons (Fsp3) is 0.417. The maximum absolute atomic E-state index is 11.7. The van der Waals surface area contributed by atoms with Crippen LogP contribution in [0, 0.1) is 0 Å². The van der Waals surface area contributed by atoms with E-state index >= 15 is 0 Å². The predicted molar refractivity (Wildman–Crippen MR) is 75.8 cm³/mol. The number of halogens is 2. The van der Waals surface area contributed by atoms with Crippen molar-refractivity contribution in [2.24, 2.45) is 0 Å². The van der Waals surface area contributed by atoms with Crippen LogP contribution < -0.4 is 5.32 Å². The first-order valence-corrected chi connectivity index (χ1v) is 7.16. The van der Waals surface area contributed by atoms with Crippen LogP contribution in [0.2, 0.25) is 0 Å². The van der Waals surface area contributed by atoms with Crippen molar-refractivity contribution in [1.29, 1.82) is 0 Å². The summed E-state index contributed by atoms with van der Waals surface area (Å²) in [4.78, 5) is 12.2. The highest BCUT2D eigenvalue weighted by atomic mass is 79.9. The Morgan fingerprint density at radius 1 is 1.53 bits per heavy atom. The molecule has 0 fully saturated rings. The van der Waals surface area contributed by atoms with E-state index in [4.69, 9.17) is 0 Å². The van der Waals surface area contributed by atoms with Crippen molar-refractivity contribution < 1.29 is 9.90 Å². The number of hydrogen-bond donors (Lipinski definition) is 2. The summed E-state index contributed by atoms with van der Waals surface area (Å²) in [6.07, 6.45) is 1.93. The number of rotatable bonds is 5. The van der Waals surface area contributed by atoms with Crippen molar-refractivity contribution in [3.63, 3.8) is 0 Å². The smallest absolute Gasteiger partial charge is 0.251 e. The van der Waals surface area contributed by atoms with Crippen LogP contribution in [0.1, 0.15) is 30.1 Å². The summed E-state index contributed by atoms with van der Waals surface area (Å²) in [6.45, 7) is 2.72. The average Bonchev–Trinajstić information content (AvgIpc) is 2.32. The molecule has 0 aromatic heterocycles. The SMILES string of the molecule is CCC(Br)CCNC(=O)c1ccc(Br)c(O)c1. The molecule has 1 aromatic rings. The molecule has 1 rings (SSSR count). The Morgan fingerprint density at radius 3 is 2.82 bits per heavy atom. The van der Waals surface area contributed by atoms with Crippen LogP contribution in [0.4, 0.5) is 0 Å². The zero-order valence-electron chi connectivity index (χ0n) is 9.54. The lowest BCUT2D eigenvalue weighted by atomic mass is 10.2. The quantitative estimate of drug-likeness (QED) is 0.786. The number of aromatic hydroxyl groups is 1. The van der Waals surface area contributed by atoms with Gasteiger partial charge in [-0.25, -0.2) is 0 Å². The standard InChI is InChI=1S/C12H15Br2NO2/c1-2-9(13)5-6-15-12(17)8-3-4-10(14)11(16)7-8/h3-4,7,9,16H,2,5-6H2,1H3,(H,15,17). The van der Waals surface area contributed by atoms with Crippen molar-refractivity contribution in [1.82, 2.24) is 5.32 Å². The Morgan fingerprint density at radius 2 is 2.24 bits per heavy atom. The topological polar surface area (TPSA) is 49.3 Å². The number of hydrogen-bond acceptors (Lipinski definition) is 2. The summed E-state index contributed by atoms with van der Waals surface area (Å²) in [7, 11) is 0. The van der Waals surface area contributed by atoms with Gasteiger partial charge in [-0.1, -0.05) is 22.9 Å². The van der Waals surface area contributed by atoms with Gasteiger partial charge in [0, 0.05) is 16.9 Å². The molecule has 1 atom stereocenters. The molecular formula is C12H15Br2NO2. The average molecular weight is 365 g/mol.